The maximum Gasteiger partial charge on any atom is 0.416 e. The first-order valence-corrected chi connectivity index (χ1v) is 8.80. The SMILES string of the molecule is CC(Cc1ccc(C(F)(F)F)cc1)C(=O)N1CCC2(CC1)CC2C(=O)O. The number of carbonyl (C=O) groups excluding carboxylic acids is 1. The highest BCUT2D eigenvalue weighted by atomic mass is 19.4. The first kappa shape index (κ1) is 18.7. The number of carboxylic acid groups (broad SMARTS) is 1. The fourth-order valence-corrected chi connectivity index (χ4v) is 4.00. The Balaban J connectivity index is 1.53. The highest BCUT2D eigenvalue weighted by molar-refractivity contribution is 5.79. The van der Waals surface area contributed by atoms with Gasteiger partial charge in [-0.3, -0.25) is 9.59 Å². The van der Waals surface area contributed by atoms with Gasteiger partial charge in [0, 0.05) is 19.0 Å². The van der Waals surface area contributed by atoms with Crippen LogP contribution >= 0.6 is 0 Å². The first-order valence-electron chi connectivity index (χ1n) is 8.80. The summed E-state index contributed by atoms with van der Waals surface area (Å²) in [5.41, 5.74) is -0.126. The average molecular weight is 369 g/mol. The van der Waals surface area contributed by atoms with E-state index in [9.17, 15) is 22.8 Å². The van der Waals surface area contributed by atoms with Crippen molar-refractivity contribution in [3.8, 4) is 0 Å². The van der Waals surface area contributed by atoms with Crippen LogP contribution in [-0.4, -0.2) is 35.0 Å². The van der Waals surface area contributed by atoms with E-state index in [0.717, 1.165) is 12.1 Å². The third-order valence-electron chi connectivity index (χ3n) is 5.80. The number of halogens is 3. The lowest BCUT2D eigenvalue weighted by molar-refractivity contribution is -0.140. The van der Waals surface area contributed by atoms with Crippen molar-refractivity contribution in [2.24, 2.45) is 17.3 Å². The number of alkyl halides is 3. The number of carbonyl (C=O) groups is 2. The number of hydrogen-bond donors (Lipinski definition) is 1. The summed E-state index contributed by atoms with van der Waals surface area (Å²) >= 11 is 0. The Morgan fingerprint density at radius 1 is 1.23 bits per heavy atom. The smallest absolute Gasteiger partial charge is 0.416 e. The molecule has 1 heterocycles. The van der Waals surface area contributed by atoms with Crippen LogP contribution in [0.4, 0.5) is 13.2 Å². The zero-order chi connectivity index (χ0) is 19.1. The van der Waals surface area contributed by atoms with Gasteiger partial charge < -0.3 is 10.0 Å². The lowest BCUT2D eigenvalue weighted by Gasteiger charge is -2.34. The van der Waals surface area contributed by atoms with Crippen LogP contribution in [0, 0.1) is 17.3 Å². The summed E-state index contributed by atoms with van der Waals surface area (Å²) in [6, 6.07) is 4.91. The molecular formula is C19H22F3NO3. The molecule has 7 heteroatoms. The zero-order valence-electron chi connectivity index (χ0n) is 14.6. The summed E-state index contributed by atoms with van der Waals surface area (Å²) < 4.78 is 37.8. The van der Waals surface area contributed by atoms with E-state index in [4.69, 9.17) is 5.11 Å². The van der Waals surface area contributed by atoms with Crippen LogP contribution in [0.15, 0.2) is 24.3 Å². The van der Waals surface area contributed by atoms with Gasteiger partial charge >= 0.3 is 12.1 Å². The maximum atomic E-state index is 12.6. The van der Waals surface area contributed by atoms with Crippen LogP contribution in [0.2, 0.25) is 0 Å². The van der Waals surface area contributed by atoms with Gasteiger partial charge in [0.05, 0.1) is 11.5 Å². The molecule has 1 N–H and O–H groups in total. The van der Waals surface area contributed by atoms with Crippen molar-refractivity contribution in [2.45, 2.75) is 38.8 Å². The van der Waals surface area contributed by atoms with E-state index in [1.807, 2.05) is 0 Å². The molecule has 0 radical (unpaired) electrons. The Morgan fingerprint density at radius 2 is 1.81 bits per heavy atom. The minimum absolute atomic E-state index is 0.0210. The van der Waals surface area contributed by atoms with E-state index in [1.165, 1.54) is 12.1 Å². The van der Waals surface area contributed by atoms with Crippen LogP contribution < -0.4 is 0 Å². The van der Waals surface area contributed by atoms with E-state index in [0.29, 0.717) is 44.3 Å². The van der Waals surface area contributed by atoms with Gasteiger partial charge in [0.15, 0.2) is 0 Å². The Morgan fingerprint density at radius 3 is 2.27 bits per heavy atom. The van der Waals surface area contributed by atoms with Crippen molar-refractivity contribution < 1.29 is 27.9 Å². The third-order valence-corrected chi connectivity index (χ3v) is 5.80. The number of likely N-dealkylation sites (tertiary alicyclic amines) is 1. The highest BCUT2D eigenvalue weighted by Crippen LogP contribution is 2.59. The quantitative estimate of drug-likeness (QED) is 0.882. The van der Waals surface area contributed by atoms with E-state index >= 15 is 0 Å². The van der Waals surface area contributed by atoms with Crippen molar-refractivity contribution in [1.29, 1.82) is 0 Å². The molecule has 1 saturated carbocycles. The number of piperidine rings is 1. The monoisotopic (exact) mass is 369 g/mol. The summed E-state index contributed by atoms with van der Waals surface area (Å²) in [4.78, 5) is 25.5. The molecule has 1 aromatic carbocycles. The lowest BCUT2D eigenvalue weighted by Crippen LogP contribution is -2.42. The molecule has 1 spiro atoms. The average Bonchev–Trinajstić information content (AvgIpc) is 3.28. The van der Waals surface area contributed by atoms with Crippen molar-refractivity contribution in [2.75, 3.05) is 13.1 Å². The Labute approximate surface area is 150 Å². The largest absolute Gasteiger partial charge is 0.481 e. The van der Waals surface area contributed by atoms with Gasteiger partial charge in [-0.25, -0.2) is 0 Å². The number of rotatable bonds is 4. The molecule has 1 aliphatic heterocycles. The van der Waals surface area contributed by atoms with Gasteiger partial charge in [-0.05, 0) is 48.8 Å². The van der Waals surface area contributed by atoms with Crippen LogP contribution in [0.5, 0.6) is 0 Å². The van der Waals surface area contributed by atoms with Crippen LogP contribution in [0.1, 0.15) is 37.3 Å². The van der Waals surface area contributed by atoms with Gasteiger partial charge in [0.1, 0.15) is 0 Å². The normalized spacial score (nSPS) is 22.9. The van der Waals surface area contributed by atoms with E-state index in [1.54, 1.807) is 11.8 Å². The molecule has 1 saturated heterocycles. The highest BCUT2D eigenvalue weighted by Gasteiger charge is 2.59. The van der Waals surface area contributed by atoms with Gasteiger partial charge in [0.25, 0.3) is 0 Å². The van der Waals surface area contributed by atoms with Crippen molar-refractivity contribution >= 4 is 11.9 Å². The number of benzene rings is 1. The fourth-order valence-electron chi connectivity index (χ4n) is 4.00. The summed E-state index contributed by atoms with van der Waals surface area (Å²) in [6.45, 7) is 2.89. The van der Waals surface area contributed by atoms with Gasteiger partial charge in [-0.1, -0.05) is 19.1 Å². The van der Waals surface area contributed by atoms with E-state index in [-0.39, 0.29) is 23.2 Å². The van der Waals surface area contributed by atoms with E-state index < -0.39 is 17.7 Å². The Kier molecular flexibility index (Phi) is 4.75. The predicted octanol–water partition coefficient (Wildman–Crippen LogP) is 3.60. The molecule has 1 amide bonds. The molecule has 142 valence electrons. The number of hydrogen-bond acceptors (Lipinski definition) is 2. The number of nitrogens with zero attached hydrogens (tertiary/aromatic N) is 1. The van der Waals surface area contributed by atoms with Crippen LogP contribution in [0.3, 0.4) is 0 Å². The summed E-state index contributed by atoms with van der Waals surface area (Å²) in [5, 5.41) is 9.12. The Hall–Kier alpha value is -2.05. The number of carboxylic acids is 1. The number of amides is 1. The molecular weight excluding hydrogens is 347 g/mol. The molecule has 2 aliphatic rings. The number of aliphatic carboxylic acids is 1. The summed E-state index contributed by atoms with van der Waals surface area (Å²) in [7, 11) is 0. The van der Waals surface area contributed by atoms with Gasteiger partial charge in [-0.2, -0.15) is 13.2 Å². The van der Waals surface area contributed by atoms with Gasteiger partial charge in [-0.15, -0.1) is 0 Å². The van der Waals surface area contributed by atoms with Crippen molar-refractivity contribution in [1.82, 2.24) is 4.90 Å². The lowest BCUT2D eigenvalue weighted by atomic mass is 9.89. The molecule has 1 aromatic rings. The standard InChI is InChI=1S/C19H22F3NO3/c1-12(10-13-2-4-14(5-3-13)19(20,21)22)16(24)23-8-6-18(7-9-23)11-15(18)17(25)26/h2-5,12,15H,6-11H2,1H3,(H,25,26). The molecule has 0 bridgehead atoms. The first-order chi connectivity index (χ1) is 12.1. The second-order valence-corrected chi connectivity index (χ2v) is 7.58. The molecule has 2 unspecified atom stereocenters. The second kappa shape index (κ2) is 6.59. The summed E-state index contributed by atoms with van der Waals surface area (Å²) in [5.74, 6) is -1.37. The topological polar surface area (TPSA) is 57.6 Å². The summed E-state index contributed by atoms with van der Waals surface area (Å²) in [6.07, 6.45) is -1.85. The molecule has 2 atom stereocenters. The predicted molar refractivity (Wildman–Crippen MR) is 88.3 cm³/mol. The second-order valence-electron chi connectivity index (χ2n) is 7.58. The Bertz CT molecular complexity index is 691. The van der Waals surface area contributed by atoms with Crippen LogP contribution in [-0.2, 0) is 22.2 Å². The molecule has 3 rings (SSSR count). The molecule has 26 heavy (non-hydrogen) atoms. The van der Waals surface area contributed by atoms with Gasteiger partial charge in [0.2, 0.25) is 5.91 Å². The fraction of sp³-hybridized carbons (Fsp3) is 0.579. The van der Waals surface area contributed by atoms with E-state index in [2.05, 4.69) is 0 Å². The minimum Gasteiger partial charge on any atom is -0.481 e. The molecule has 0 aromatic heterocycles. The third kappa shape index (κ3) is 3.71. The molecule has 1 aliphatic carbocycles. The minimum atomic E-state index is -4.36. The molecule has 2 fully saturated rings. The van der Waals surface area contributed by atoms with Crippen molar-refractivity contribution in [3.05, 3.63) is 35.4 Å². The maximum absolute atomic E-state index is 12.6. The van der Waals surface area contributed by atoms with Crippen molar-refractivity contribution in [3.63, 3.8) is 0 Å². The zero-order valence-corrected chi connectivity index (χ0v) is 14.6. The van der Waals surface area contributed by atoms with Crippen LogP contribution in [0.25, 0.3) is 0 Å². The molecule has 4 nitrogen and oxygen atoms in total.